The largest absolute Gasteiger partial charge is 0.357 e. The van der Waals surface area contributed by atoms with Crippen LogP contribution in [-0.2, 0) is 4.79 Å². The molecule has 90 valence electrons. The first kappa shape index (κ1) is 12.9. The van der Waals surface area contributed by atoms with E-state index in [9.17, 15) is 4.79 Å². The highest BCUT2D eigenvalue weighted by Crippen LogP contribution is 2.28. The Kier molecular flexibility index (Phi) is 3.56. The maximum Gasteiger partial charge on any atom is 0.207 e. The number of allylic oxidation sites excluding steroid dienone is 1. The number of ketones is 1. The third kappa shape index (κ3) is 2.18. The number of aliphatic imine (C=N–C) groups is 1. The second-order valence-electron chi connectivity index (χ2n) is 5.16. The van der Waals surface area contributed by atoms with Crippen molar-refractivity contribution >= 4 is 11.5 Å². The van der Waals surface area contributed by atoms with E-state index in [-0.39, 0.29) is 11.2 Å². The van der Waals surface area contributed by atoms with E-state index in [4.69, 9.17) is 0 Å². The molecule has 1 rings (SSSR count). The Balaban J connectivity index is 3.11. The van der Waals surface area contributed by atoms with Gasteiger partial charge < -0.3 is 4.90 Å². The number of nitrogens with zero attached hydrogens (tertiary/aromatic N) is 2. The quantitative estimate of drug-likeness (QED) is 0.735. The van der Waals surface area contributed by atoms with Crippen molar-refractivity contribution in [1.29, 1.82) is 0 Å². The van der Waals surface area contributed by atoms with Crippen LogP contribution in [0.4, 0.5) is 0 Å². The van der Waals surface area contributed by atoms with E-state index in [2.05, 4.69) is 23.7 Å². The Morgan fingerprint density at radius 1 is 1.19 bits per heavy atom. The predicted molar refractivity (Wildman–Crippen MR) is 67.5 cm³/mol. The number of rotatable bonds is 3. The first-order valence-electron chi connectivity index (χ1n) is 5.92. The molecule has 0 atom stereocenters. The van der Waals surface area contributed by atoms with Gasteiger partial charge in [-0.15, -0.1) is 0 Å². The molecule has 0 saturated heterocycles. The van der Waals surface area contributed by atoms with Crippen LogP contribution >= 0.6 is 0 Å². The van der Waals surface area contributed by atoms with Gasteiger partial charge in [-0.1, -0.05) is 20.8 Å². The minimum atomic E-state index is -0.173. The van der Waals surface area contributed by atoms with Gasteiger partial charge in [-0.05, 0) is 20.8 Å². The molecule has 1 heterocycles. The molecule has 0 radical (unpaired) electrons. The fourth-order valence-electron chi connectivity index (χ4n) is 1.86. The van der Waals surface area contributed by atoms with Crippen LogP contribution in [0, 0.1) is 5.41 Å². The Morgan fingerprint density at radius 2 is 1.69 bits per heavy atom. The van der Waals surface area contributed by atoms with Crippen LogP contribution in [0.25, 0.3) is 0 Å². The molecule has 16 heavy (non-hydrogen) atoms. The van der Waals surface area contributed by atoms with Crippen molar-refractivity contribution in [3.8, 4) is 0 Å². The molecule has 0 spiro atoms. The van der Waals surface area contributed by atoms with Gasteiger partial charge in [-0.25, -0.2) is 4.99 Å². The van der Waals surface area contributed by atoms with Crippen LogP contribution in [0.3, 0.4) is 0 Å². The van der Waals surface area contributed by atoms with Gasteiger partial charge in [0, 0.05) is 24.1 Å². The van der Waals surface area contributed by atoms with E-state index < -0.39 is 0 Å². The molecular weight excluding hydrogens is 200 g/mol. The summed E-state index contributed by atoms with van der Waals surface area (Å²) in [6, 6.07) is 0. The van der Waals surface area contributed by atoms with E-state index in [0.29, 0.717) is 5.71 Å². The van der Waals surface area contributed by atoms with Crippen LogP contribution in [0.2, 0.25) is 0 Å². The Bertz CT molecular complexity index is 355. The van der Waals surface area contributed by atoms with Gasteiger partial charge in [-0.3, -0.25) is 4.79 Å². The van der Waals surface area contributed by atoms with Gasteiger partial charge >= 0.3 is 0 Å². The maximum atomic E-state index is 12.1. The molecule has 0 unspecified atom stereocenters. The molecule has 3 nitrogen and oxygen atoms in total. The smallest absolute Gasteiger partial charge is 0.207 e. The maximum absolute atomic E-state index is 12.1. The summed E-state index contributed by atoms with van der Waals surface area (Å²) >= 11 is 0. The average molecular weight is 222 g/mol. The van der Waals surface area contributed by atoms with Crippen molar-refractivity contribution in [3.63, 3.8) is 0 Å². The molecule has 0 N–H and O–H groups in total. The van der Waals surface area contributed by atoms with Gasteiger partial charge in [0.2, 0.25) is 5.78 Å². The average Bonchev–Trinajstić information content (AvgIpc) is 2.47. The molecule has 0 aromatic rings. The molecule has 0 aromatic carbocycles. The van der Waals surface area contributed by atoms with E-state index in [0.717, 1.165) is 24.5 Å². The van der Waals surface area contributed by atoms with Crippen LogP contribution < -0.4 is 0 Å². The minimum absolute atomic E-state index is 0.106. The summed E-state index contributed by atoms with van der Waals surface area (Å²) in [5.74, 6) is 0.967. The highest BCUT2D eigenvalue weighted by atomic mass is 16.1. The third-order valence-corrected chi connectivity index (χ3v) is 2.88. The molecular formula is C13H22N2O. The molecule has 0 saturated carbocycles. The van der Waals surface area contributed by atoms with Crippen molar-refractivity contribution in [3.05, 3.63) is 11.4 Å². The van der Waals surface area contributed by atoms with Gasteiger partial charge in [0.1, 0.15) is 5.82 Å². The lowest BCUT2D eigenvalue weighted by Crippen LogP contribution is -2.26. The highest BCUT2D eigenvalue weighted by Gasteiger charge is 2.33. The lowest BCUT2D eigenvalue weighted by Gasteiger charge is -2.21. The molecule has 0 aliphatic carbocycles. The van der Waals surface area contributed by atoms with Crippen LogP contribution in [0.1, 0.15) is 41.5 Å². The normalized spacial score (nSPS) is 16.9. The highest BCUT2D eigenvalue weighted by molar-refractivity contribution is 6.49. The topological polar surface area (TPSA) is 32.7 Å². The molecule has 0 fully saturated rings. The summed E-state index contributed by atoms with van der Waals surface area (Å²) in [6.45, 7) is 13.9. The summed E-state index contributed by atoms with van der Waals surface area (Å²) in [5.41, 5.74) is 1.30. The zero-order valence-electron chi connectivity index (χ0n) is 11.2. The summed E-state index contributed by atoms with van der Waals surface area (Å²) in [6.07, 6.45) is 0. The summed E-state index contributed by atoms with van der Waals surface area (Å²) in [5, 5.41) is 0. The van der Waals surface area contributed by atoms with Gasteiger partial charge in [0.05, 0.1) is 5.71 Å². The van der Waals surface area contributed by atoms with Crippen LogP contribution in [0.5, 0.6) is 0 Å². The fraction of sp³-hybridized carbons (Fsp3) is 0.692. The SMILES string of the molecule is CCN(CC)C1=C(C)C(=O)C(C(C)(C)C)=N1. The Hall–Kier alpha value is -1.12. The minimum Gasteiger partial charge on any atom is -0.357 e. The van der Waals surface area contributed by atoms with E-state index in [1.54, 1.807) is 0 Å². The number of Topliss-reactive ketones (excluding diaryl/α,β-unsaturated/α-hetero) is 1. The molecule has 0 aromatic heterocycles. The summed E-state index contributed by atoms with van der Waals surface area (Å²) in [4.78, 5) is 18.8. The monoisotopic (exact) mass is 222 g/mol. The first-order valence-corrected chi connectivity index (χ1v) is 5.92. The molecule has 1 aliphatic rings. The predicted octanol–water partition coefficient (Wildman–Crippen LogP) is 2.63. The number of carbonyl (C=O) groups is 1. The number of hydrogen-bond acceptors (Lipinski definition) is 3. The Morgan fingerprint density at radius 3 is 2.00 bits per heavy atom. The molecule has 0 amide bonds. The lowest BCUT2D eigenvalue weighted by molar-refractivity contribution is -0.110. The lowest BCUT2D eigenvalue weighted by atomic mass is 9.87. The standard InChI is InChI=1S/C13H22N2O/c1-7-15(8-2)12-9(3)10(16)11(14-12)13(4,5)6/h7-8H2,1-6H3. The van der Waals surface area contributed by atoms with E-state index >= 15 is 0 Å². The Labute approximate surface area is 98.2 Å². The third-order valence-electron chi connectivity index (χ3n) is 2.88. The summed E-state index contributed by atoms with van der Waals surface area (Å²) < 4.78 is 0. The van der Waals surface area contributed by atoms with Gasteiger partial charge in [0.25, 0.3) is 0 Å². The molecule has 1 aliphatic heterocycles. The molecule has 3 heteroatoms. The van der Waals surface area contributed by atoms with Crippen LogP contribution in [0.15, 0.2) is 16.4 Å². The number of hydrogen-bond donors (Lipinski definition) is 0. The van der Waals surface area contributed by atoms with Crippen LogP contribution in [-0.4, -0.2) is 29.5 Å². The van der Waals surface area contributed by atoms with Crippen molar-refractivity contribution in [2.75, 3.05) is 13.1 Å². The van der Waals surface area contributed by atoms with Gasteiger partial charge in [0.15, 0.2) is 0 Å². The first-order chi connectivity index (χ1) is 7.32. The fourth-order valence-corrected chi connectivity index (χ4v) is 1.86. The van der Waals surface area contributed by atoms with E-state index in [1.807, 2.05) is 27.7 Å². The van der Waals surface area contributed by atoms with Gasteiger partial charge in [-0.2, -0.15) is 0 Å². The zero-order valence-corrected chi connectivity index (χ0v) is 11.2. The summed E-state index contributed by atoms with van der Waals surface area (Å²) in [7, 11) is 0. The van der Waals surface area contributed by atoms with Crippen molar-refractivity contribution in [2.24, 2.45) is 10.4 Å². The molecule has 0 bridgehead atoms. The van der Waals surface area contributed by atoms with Crippen molar-refractivity contribution in [2.45, 2.75) is 41.5 Å². The van der Waals surface area contributed by atoms with E-state index in [1.165, 1.54) is 0 Å². The second kappa shape index (κ2) is 4.40. The number of carbonyl (C=O) groups excluding carboxylic acids is 1. The van der Waals surface area contributed by atoms with Crippen molar-refractivity contribution < 1.29 is 4.79 Å². The second-order valence-corrected chi connectivity index (χ2v) is 5.16. The van der Waals surface area contributed by atoms with Crippen molar-refractivity contribution in [1.82, 2.24) is 4.90 Å². The zero-order chi connectivity index (χ0) is 12.5.